The first-order valence-electron chi connectivity index (χ1n) is 3.69. The minimum atomic E-state index is -0.761. The van der Waals surface area contributed by atoms with E-state index in [-0.39, 0.29) is 12.2 Å². The summed E-state index contributed by atoms with van der Waals surface area (Å²) in [5, 5.41) is 8.73. The van der Waals surface area contributed by atoms with Crippen LogP contribution in [0, 0.1) is 6.92 Å². The number of nitrogens with two attached hydrogens (primary N) is 1. The number of carbonyl (C=O) groups excluding carboxylic acids is 1. The van der Waals surface area contributed by atoms with Crippen molar-refractivity contribution >= 4 is 5.91 Å². The van der Waals surface area contributed by atoms with E-state index < -0.39 is 11.5 Å². The molecule has 0 spiro atoms. The Bertz CT molecular complexity index is 395. The molecule has 0 saturated heterocycles. The van der Waals surface area contributed by atoms with E-state index in [0.29, 0.717) is 11.3 Å². The third-order valence-corrected chi connectivity index (χ3v) is 1.70. The van der Waals surface area contributed by atoms with Gasteiger partial charge in [-0.1, -0.05) is 0 Å². The summed E-state index contributed by atoms with van der Waals surface area (Å²) >= 11 is 0. The molecule has 5 nitrogen and oxygen atoms in total. The first-order valence-corrected chi connectivity index (χ1v) is 3.69. The zero-order valence-corrected chi connectivity index (χ0v) is 7.13. The second kappa shape index (κ2) is 3.40. The van der Waals surface area contributed by atoms with Crippen molar-refractivity contribution in [3.05, 3.63) is 33.2 Å². The number of nitrogens with one attached hydrogen (secondary N) is 1. The van der Waals surface area contributed by atoms with Gasteiger partial charge in [-0.15, -0.1) is 0 Å². The molecule has 0 aliphatic carbocycles. The van der Waals surface area contributed by atoms with Crippen molar-refractivity contribution < 1.29 is 9.90 Å². The van der Waals surface area contributed by atoms with Gasteiger partial charge in [-0.2, -0.15) is 0 Å². The maximum Gasteiger partial charge on any atom is 0.261 e. The summed E-state index contributed by atoms with van der Waals surface area (Å²) in [5.41, 5.74) is 5.21. The van der Waals surface area contributed by atoms with Crippen molar-refractivity contribution in [3.63, 3.8) is 0 Å². The number of pyridine rings is 1. The van der Waals surface area contributed by atoms with Crippen molar-refractivity contribution in [2.75, 3.05) is 0 Å². The predicted molar refractivity (Wildman–Crippen MR) is 46.2 cm³/mol. The molecule has 70 valence electrons. The van der Waals surface area contributed by atoms with Crippen molar-refractivity contribution in [1.29, 1.82) is 0 Å². The molecule has 1 heterocycles. The molecule has 0 aromatic carbocycles. The highest BCUT2D eigenvalue weighted by Crippen LogP contribution is 2.02. The Labute approximate surface area is 74.2 Å². The summed E-state index contributed by atoms with van der Waals surface area (Å²) in [5.74, 6) is -0.761. The zero-order valence-electron chi connectivity index (χ0n) is 7.13. The van der Waals surface area contributed by atoms with Gasteiger partial charge in [0, 0.05) is 5.69 Å². The second-order valence-electron chi connectivity index (χ2n) is 2.70. The van der Waals surface area contributed by atoms with E-state index in [2.05, 4.69) is 4.98 Å². The minimum Gasteiger partial charge on any atom is -0.390 e. The van der Waals surface area contributed by atoms with Crippen LogP contribution >= 0.6 is 0 Å². The van der Waals surface area contributed by atoms with Gasteiger partial charge in [0.25, 0.3) is 11.5 Å². The van der Waals surface area contributed by atoms with Gasteiger partial charge in [-0.3, -0.25) is 9.59 Å². The van der Waals surface area contributed by atoms with Gasteiger partial charge >= 0.3 is 0 Å². The fourth-order valence-corrected chi connectivity index (χ4v) is 1.15. The minimum absolute atomic E-state index is 0.0581. The molecule has 0 bridgehead atoms. The van der Waals surface area contributed by atoms with Crippen molar-refractivity contribution in [3.8, 4) is 0 Å². The van der Waals surface area contributed by atoms with Gasteiger partial charge in [0.2, 0.25) is 0 Å². The van der Waals surface area contributed by atoms with Crippen molar-refractivity contribution in [2.45, 2.75) is 13.5 Å². The lowest BCUT2D eigenvalue weighted by Gasteiger charge is -2.02. The maximum absolute atomic E-state index is 11.2. The van der Waals surface area contributed by atoms with Crippen LogP contribution in [0.15, 0.2) is 10.9 Å². The molecule has 5 heteroatoms. The van der Waals surface area contributed by atoms with Crippen LogP contribution in [0.25, 0.3) is 0 Å². The molecule has 13 heavy (non-hydrogen) atoms. The van der Waals surface area contributed by atoms with E-state index >= 15 is 0 Å². The molecule has 0 unspecified atom stereocenters. The number of aromatic amines is 1. The van der Waals surface area contributed by atoms with E-state index in [0.717, 1.165) is 0 Å². The van der Waals surface area contributed by atoms with Gasteiger partial charge in [0.15, 0.2) is 0 Å². The van der Waals surface area contributed by atoms with Crippen LogP contribution in [0.3, 0.4) is 0 Å². The average molecular weight is 182 g/mol. The van der Waals surface area contributed by atoms with E-state index in [1.54, 1.807) is 6.92 Å². The molecule has 0 fully saturated rings. The fraction of sp³-hybridized carbons (Fsp3) is 0.250. The van der Waals surface area contributed by atoms with Crippen LogP contribution in [0.2, 0.25) is 0 Å². The molecular weight excluding hydrogens is 172 g/mol. The van der Waals surface area contributed by atoms with E-state index in [1.807, 2.05) is 0 Å². The molecule has 1 rings (SSSR count). The third kappa shape index (κ3) is 1.75. The van der Waals surface area contributed by atoms with Gasteiger partial charge < -0.3 is 15.8 Å². The van der Waals surface area contributed by atoms with E-state index in [9.17, 15) is 9.59 Å². The topological polar surface area (TPSA) is 96.2 Å². The second-order valence-corrected chi connectivity index (χ2v) is 2.70. The lowest BCUT2D eigenvalue weighted by atomic mass is 10.1. The predicted octanol–water partition coefficient (Wildman–Crippen LogP) is -0.725. The fourth-order valence-electron chi connectivity index (χ4n) is 1.15. The number of carbonyl (C=O) groups is 1. The Morgan fingerprint density at radius 3 is 2.69 bits per heavy atom. The number of aliphatic hydroxyl groups excluding tert-OH is 1. The monoisotopic (exact) mass is 182 g/mol. The molecule has 1 aromatic rings. The molecule has 0 aliphatic heterocycles. The normalized spacial score (nSPS) is 10.0. The number of hydrogen-bond donors (Lipinski definition) is 3. The number of aryl methyl sites for hydroxylation is 1. The van der Waals surface area contributed by atoms with Gasteiger partial charge in [-0.05, 0) is 18.6 Å². The molecule has 0 saturated carbocycles. The standard InChI is InChI=1S/C8H10N2O3/c1-4-2-5(3-11)10-8(13)6(4)7(9)12/h2,11H,3H2,1H3,(H2,9,12)(H,10,13). The van der Waals surface area contributed by atoms with Gasteiger partial charge in [0.1, 0.15) is 5.56 Å². The van der Waals surface area contributed by atoms with Gasteiger partial charge in [0.05, 0.1) is 6.61 Å². The highest BCUT2D eigenvalue weighted by molar-refractivity contribution is 5.93. The largest absolute Gasteiger partial charge is 0.390 e. The number of H-pyrrole nitrogens is 1. The number of primary amides is 1. The molecular formula is C8H10N2O3. The highest BCUT2D eigenvalue weighted by atomic mass is 16.3. The SMILES string of the molecule is Cc1cc(CO)[nH]c(=O)c1C(N)=O. The third-order valence-electron chi connectivity index (χ3n) is 1.70. The summed E-state index contributed by atoms with van der Waals surface area (Å²) in [6, 6.07) is 1.52. The van der Waals surface area contributed by atoms with Crippen molar-refractivity contribution in [2.24, 2.45) is 5.73 Å². The Balaban J connectivity index is 3.40. The summed E-state index contributed by atoms with van der Waals surface area (Å²) in [4.78, 5) is 24.3. The lowest BCUT2D eigenvalue weighted by Crippen LogP contribution is -2.25. The molecule has 1 amide bonds. The first kappa shape index (κ1) is 9.47. The molecule has 0 radical (unpaired) electrons. The van der Waals surface area contributed by atoms with E-state index in [4.69, 9.17) is 10.8 Å². The van der Waals surface area contributed by atoms with Crippen molar-refractivity contribution in [1.82, 2.24) is 4.98 Å². The van der Waals surface area contributed by atoms with E-state index in [1.165, 1.54) is 6.07 Å². The molecule has 0 atom stereocenters. The average Bonchev–Trinajstić information content (AvgIpc) is 2.02. The summed E-state index contributed by atoms with van der Waals surface area (Å²) in [6.07, 6.45) is 0. The maximum atomic E-state index is 11.2. The van der Waals surface area contributed by atoms with Crippen LogP contribution in [0.4, 0.5) is 0 Å². The van der Waals surface area contributed by atoms with Crippen LogP contribution in [-0.4, -0.2) is 16.0 Å². The quantitative estimate of drug-likeness (QED) is 0.562. The number of aromatic nitrogens is 1. The van der Waals surface area contributed by atoms with Crippen LogP contribution < -0.4 is 11.3 Å². The van der Waals surface area contributed by atoms with Crippen LogP contribution in [0.1, 0.15) is 21.6 Å². The lowest BCUT2D eigenvalue weighted by molar-refractivity contribution is 0.0998. The number of hydrogen-bond acceptors (Lipinski definition) is 3. The summed E-state index contributed by atoms with van der Waals surface area (Å²) in [6.45, 7) is 1.32. The number of rotatable bonds is 2. The highest BCUT2D eigenvalue weighted by Gasteiger charge is 2.10. The summed E-state index contributed by atoms with van der Waals surface area (Å²) in [7, 11) is 0. The molecule has 1 aromatic heterocycles. The smallest absolute Gasteiger partial charge is 0.261 e. The first-order chi connectivity index (χ1) is 6.06. The van der Waals surface area contributed by atoms with Gasteiger partial charge in [-0.25, -0.2) is 0 Å². The van der Waals surface area contributed by atoms with Crippen LogP contribution in [-0.2, 0) is 6.61 Å². The Hall–Kier alpha value is -1.62. The molecule has 4 N–H and O–H groups in total. The zero-order chi connectivity index (χ0) is 10.0. The number of aliphatic hydroxyl groups is 1. The molecule has 0 aliphatic rings. The Kier molecular flexibility index (Phi) is 2.48. The van der Waals surface area contributed by atoms with Crippen LogP contribution in [0.5, 0.6) is 0 Å². The Morgan fingerprint density at radius 2 is 2.31 bits per heavy atom. The Morgan fingerprint density at radius 1 is 1.69 bits per heavy atom. The summed E-state index contributed by atoms with van der Waals surface area (Å²) < 4.78 is 0. The number of amides is 1.